The van der Waals surface area contributed by atoms with Crippen LogP contribution in [0.2, 0.25) is 0 Å². The molecule has 1 N–H and O–H groups in total. The fourth-order valence-electron chi connectivity index (χ4n) is 3.48. The van der Waals surface area contributed by atoms with E-state index in [2.05, 4.69) is 29.3 Å². The molecule has 0 radical (unpaired) electrons. The largest absolute Gasteiger partial charge is 0.309 e. The number of rotatable bonds is 6. The minimum atomic E-state index is -0.175. The number of likely N-dealkylation sites (tertiary alicyclic amines) is 1. The van der Waals surface area contributed by atoms with E-state index in [9.17, 15) is 4.39 Å². The first-order valence-corrected chi connectivity index (χ1v) is 8.32. The Balaban J connectivity index is 1.60. The number of likely N-dealkylation sites (N-methyl/N-ethyl adjacent to an activating group) is 1. The van der Waals surface area contributed by atoms with Gasteiger partial charge < -0.3 is 5.32 Å². The fourth-order valence-corrected chi connectivity index (χ4v) is 3.48. The summed E-state index contributed by atoms with van der Waals surface area (Å²) < 4.78 is 15.1. The van der Waals surface area contributed by atoms with E-state index in [1.165, 1.54) is 5.56 Å². The molecule has 1 fully saturated rings. The molecule has 1 saturated heterocycles. The van der Waals surface area contributed by atoms with Crippen LogP contribution in [0.15, 0.2) is 42.7 Å². The number of nitrogens with zero attached hydrogens (tertiary/aromatic N) is 3. The van der Waals surface area contributed by atoms with Crippen molar-refractivity contribution in [2.24, 2.45) is 0 Å². The Bertz CT molecular complexity index is 596. The van der Waals surface area contributed by atoms with Crippen molar-refractivity contribution in [3.63, 3.8) is 0 Å². The van der Waals surface area contributed by atoms with Gasteiger partial charge in [0.05, 0.1) is 0 Å². The Hall–Kier alpha value is -1.72. The summed E-state index contributed by atoms with van der Waals surface area (Å²) in [5.74, 6) is -0.175. The Kier molecular flexibility index (Phi) is 5.08. The number of benzene rings is 1. The molecule has 3 rings (SSSR count). The third-order valence-corrected chi connectivity index (χ3v) is 4.71. The second kappa shape index (κ2) is 7.23. The maximum atomic E-state index is 13.2. The molecule has 0 aliphatic carbocycles. The summed E-state index contributed by atoms with van der Waals surface area (Å²) in [6.45, 7) is 4.21. The number of nitrogens with one attached hydrogen (secondary N) is 1. The molecule has 5 heteroatoms. The molecule has 1 aliphatic heterocycles. The van der Waals surface area contributed by atoms with Crippen LogP contribution in [-0.4, -0.2) is 40.4 Å². The highest BCUT2D eigenvalue weighted by Crippen LogP contribution is 2.31. The molecule has 1 aliphatic rings. The van der Waals surface area contributed by atoms with E-state index < -0.39 is 0 Å². The van der Waals surface area contributed by atoms with Gasteiger partial charge in [0.2, 0.25) is 0 Å². The van der Waals surface area contributed by atoms with Gasteiger partial charge in [0, 0.05) is 43.6 Å². The zero-order valence-corrected chi connectivity index (χ0v) is 13.8. The topological polar surface area (TPSA) is 33.1 Å². The normalized spacial score (nSPS) is 23.3. The zero-order valence-electron chi connectivity index (χ0n) is 13.8. The van der Waals surface area contributed by atoms with Crippen LogP contribution >= 0.6 is 0 Å². The first-order valence-electron chi connectivity index (χ1n) is 8.32. The van der Waals surface area contributed by atoms with Gasteiger partial charge in [0.15, 0.2) is 0 Å². The lowest BCUT2D eigenvalue weighted by Gasteiger charge is -2.28. The van der Waals surface area contributed by atoms with E-state index in [0.717, 1.165) is 25.9 Å². The summed E-state index contributed by atoms with van der Waals surface area (Å²) in [5, 5.41) is 8.01. The predicted molar refractivity (Wildman–Crippen MR) is 89.6 cm³/mol. The second-order valence-electron chi connectivity index (χ2n) is 6.50. The molecule has 0 saturated carbocycles. The lowest BCUT2D eigenvalue weighted by atomic mass is 9.99. The molecule has 3 unspecified atom stereocenters. The molecule has 0 amide bonds. The Labute approximate surface area is 137 Å². The number of hydrogen-bond donors (Lipinski definition) is 1. The van der Waals surface area contributed by atoms with E-state index in [1.807, 2.05) is 35.3 Å². The summed E-state index contributed by atoms with van der Waals surface area (Å²) in [6.07, 6.45) is 5.97. The molecule has 1 aromatic carbocycles. The van der Waals surface area contributed by atoms with Crippen LogP contribution < -0.4 is 5.32 Å². The van der Waals surface area contributed by atoms with Crippen LogP contribution in [0, 0.1) is 5.82 Å². The van der Waals surface area contributed by atoms with Gasteiger partial charge in [-0.3, -0.25) is 9.58 Å². The van der Waals surface area contributed by atoms with Crippen LogP contribution in [0.5, 0.6) is 0 Å². The van der Waals surface area contributed by atoms with Crippen LogP contribution in [0.3, 0.4) is 0 Å². The predicted octanol–water partition coefficient (Wildman–Crippen LogP) is 2.84. The molecule has 124 valence electrons. The molecular formula is C18H25FN4. The van der Waals surface area contributed by atoms with Crippen molar-refractivity contribution >= 4 is 0 Å². The average molecular weight is 316 g/mol. The summed E-state index contributed by atoms with van der Waals surface area (Å²) in [5.41, 5.74) is 1.18. The Morgan fingerprint density at radius 1 is 1.35 bits per heavy atom. The first-order chi connectivity index (χ1) is 11.1. The minimum Gasteiger partial charge on any atom is -0.309 e. The van der Waals surface area contributed by atoms with Crippen molar-refractivity contribution in [3.8, 4) is 0 Å². The van der Waals surface area contributed by atoms with Crippen molar-refractivity contribution < 1.29 is 4.39 Å². The standard InChI is InChI=1S/C18H25FN4/c1-14(8-13-23-11-3-10-20-23)21-17-9-12-22(2)18(17)15-4-6-16(19)7-5-15/h3-7,10-11,14,17-18,21H,8-9,12-13H2,1-2H3. The zero-order chi connectivity index (χ0) is 16.2. The van der Waals surface area contributed by atoms with Gasteiger partial charge in [-0.15, -0.1) is 0 Å². The lowest BCUT2D eigenvalue weighted by Crippen LogP contribution is -2.40. The van der Waals surface area contributed by atoms with Crippen LogP contribution in [-0.2, 0) is 6.54 Å². The maximum Gasteiger partial charge on any atom is 0.123 e. The molecule has 23 heavy (non-hydrogen) atoms. The van der Waals surface area contributed by atoms with Crippen molar-refractivity contribution in [2.75, 3.05) is 13.6 Å². The highest BCUT2D eigenvalue weighted by Gasteiger charge is 2.33. The van der Waals surface area contributed by atoms with Crippen LogP contribution in [0.1, 0.15) is 31.4 Å². The number of aromatic nitrogens is 2. The smallest absolute Gasteiger partial charge is 0.123 e. The van der Waals surface area contributed by atoms with Gasteiger partial charge in [-0.2, -0.15) is 5.10 Å². The van der Waals surface area contributed by atoms with Gasteiger partial charge in [-0.25, -0.2) is 4.39 Å². The quantitative estimate of drug-likeness (QED) is 0.889. The monoisotopic (exact) mass is 316 g/mol. The van der Waals surface area contributed by atoms with Crippen molar-refractivity contribution in [1.82, 2.24) is 20.0 Å². The molecular weight excluding hydrogens is 291 g/mol. The molecule has 1 aromatic heterocycles. The van der Waals surface area contributed by atoms with Crippen molar-refractivity contribution in [3.05, 3.63) is 54.1 Å². The maximum absolute atomic E-state index is 13.2. The third kappa shape index (κ3) is 3.98. The van der Waals surface area contributed by atoms with Gasteiger partial charge in [0.25, 0.3) is 0 Å². The molecule has 2 aromatic rings. The second-order valence-corrected chi connectivity index (χ2v) is 6.50. The third-order valence-electron chi connectivity index (χ3n) is 4.71. The SMILES string of the molecule is CC(CCn1cccn1)NC1CCN(C)C1c1ccc(F)cc1. The molecule has 2 heterocycles. The van der Waals surface area contributed by atoms with Crippen LogP contribution in [0.25, 0.3) is 0 Å². The van der Waals surface area contributed by atoms with Crippen molar-refractivity contribution in [1.29, 1.82) is 0 Å². The Morgan fingerprint density at radius 3 is 2.83 bits per heavy atom. The van der Waals surface area contributed by atoms with E-state index in [4.69, 9.17) is 0 Å². The first kappa shape index (κ1) is 16.1. The number of halogens is 1. The highest BCUT2D eigenvalue weighted by atomic mass is 19.1. The Morgan fingerprint density at radius 2 is 2.13 bits per heavy atom. The van der Waals surface area contributed by atoms with E-state index in [1.54, 1.807) is 12.1 Å². The number of aryl methyl sites for hydroxylation is 1. The fraction of sp³-hybridized carbons (Fsp3) is 0.500. The van der Waals surface area contributed by atoms with E-state index >= 15 is 0 Å². The van der Waals surface area contributed by atoms with E-state index in [0.29, 0.717) is 18.1 Å². The van der Waals surface area contributed by atoms with Gasteiger partial charge in [-0.05, 0) is 50.6 Å². The molecule has 3 atom stereocenters. The molecule has 0 bridgehead atoms. The molecule has 4 nitrogen and oxygen atoms in total. The minimum absolute atomic E-state index is 0.175. The summed E-state index contributed by atoms with van der Waals surface area (Å²) in [6, 6.07) is 10.0. The van der Waals surface area contributed by atoms with Gasteiger partial charge in [0.1, 0.15) is 5.82 Å². The average Bonchev–Trinajstić information content (AvgIpc) is 3.17. The van der Waals surface area contributed by atoms with E-state index in [-0.39, 0.29) is 5.82 Å². The summed E-state index contributed by atoms with van der Waals surface area (Å²) in [7, 11) is 2.14. The van der Waals surface area contributed by atoms with Gasteiger partial charge in [-0.1, -0.05) is 12.1 Å². The molecule has 0 spiro atoms. The summed E-state index contributed by atoms with van der Waals surface area (Å²) in [4.78, 5) is 2.35. The van der Waals surface area contributed by atoms with Crippen molar-refractivity contribution in [2.45, 2.75) is 44.4 Å². The van der Waals surface area contributed by atoms with Crippen LogP contribution in [0.4, 0.5) is 4.39 Å². The highest BCUT2D eigenvalue weighted by molar-refractivity contribution is 5.23. The van der Waals surface area contributed by atoms with Gasteiger partial charge >= 0.3 is 0 Å². The lowest BCUT2D eigenvalue weighted by molar-refractivity contribution is 0.273. The number of hydrogen-bond acceptors (Lipinski definition) is 3. The summed E-state index contributed by atoms with van der Waals surface area (Å²) >= 11 is 0.